The predicted octanol–water partition coefficient (Wildman–Crippen LogP) is 2.33. The Bertz CT molecular complexity index is 538. The quantitative estimate of drug-likeness (QED) is 0.865. The van der Waals surface area contributed by atoms with E-state index in [9.17, 15) is 4.39 Å². The average Bonchev–Trinajstić information content (AvgIpc) is 3.17. The van der Waals surface area contributed by atoms with Crippen molar-refractivity contribution in [3.63, 3.8) is 0 Å². The monoisotopic (exact) mass is 245 g/mol. The highest BCUT2D eigenvalue weighted by atomic mass is 19.1. The van der Waals surface area contributed by atoms with Crippen molar-refractivity contribution in [2.75, 3.05) is 10.6 Å². The van der Waals surface area contributed by atoms with E-state index >= 15 is 0 Å². The van der Waals surface area contributed by atoms with E-state index in [2.05, 4.69) is 25.8 Å². The van der Waals surface area contributed by atoms with Gasteiger partial charge in [0.1, 0.15) is 5.82 Å². The molecule has 0 spiro atoms. The van der Waals surface area contributed by atoms with Crippen LogP contribution in [0.3, 0.4) is 0 Å². The number of halogens is 1. The smallest absolute Gasteiger partial charge is 0.244 e. The van der Waals surface area contributed by atoms with Gasteiger partial charge in [-0.15, -0.1) is 5.10 Å². The van der Waals surface area contributed by atoms with Gasteiger partial charge in [0.25, 0.3) is 0 Å². The molecule has 0 aliphatic heterocycles. The molecule has 2 N–H and O–H groups in total. The summed E-state index contributed by atoms with van der Waals surface area (Å²) in [6, 6.07) is 6.55. The van der Waals surface area contributed by atoms with Crippen molar-refractivity contribution in [1.29, 1.82) is 0 Å². The van der Waals surface area contributed by atoms with E-state index in [0.717, 1.165) is 18.5 Å². The predicted molar refractivity (Wildman–Crippen MR) is 66.2 cm³/mol. The van der Waals surface area contributed by atoms with E-state index in [1.165, 1.54) is 18.3 Å². The second kappa shape index (κ2) is 4.56. The molecule has 0 bridgehead atoms. The molecule has 0 amide bonds. The Morgan fingerprint density at radius 2 is 1.94 bits per heavy atom. The number of benzene rings is 1. The van der Waals surface area contributed by atoms with Crippen LogP contribution in [-0.4, -0.2) is 21.2 Å². The average molecular weight is 245 g/mol. The fourth-order valence-corrected chi connectivity index (χ4v) is 1.52. The van der Waals surface area contributed by atoms with E-state index in [1.807, 2.05) is 0 Å². The SMILES string of the molecule is Fc1ccc(Nc2cnnc(NC3CC3)n2)cc1. The summed E-state index contributed by atoms with van der Waals surface area (Å²) in [6.07, 6.45) is 3.83. The minimum Gasteiger partial charge on any atom is -0.350 e. The Hall–Kier alpha value is -2.24. The number of aromatic nitrogens is 3. The molecule has 1 heterocycles. The minimum absolute atomic E-state index is 0.266. The molecule has 92 valence electrons. The van der Waals surface area contributed by atoms with Gasteiger partial charge < -0.3 is 10.6 Å². The van der Waals surface area contributed by atoms with Crippen molar-refractivity contribution in [2.24, 2.45) is 0 Å². The third kappa shape index (κ3) is 2.71. The van der Waals surface area contributed by atoms with Crippen molar-refractivity contribution in [3.8, 4) is 0 Å². The Morgan fingerprint density at radius 3 is 2.67 bits per heavy atom. The summed E-state index contributed by atoms with van der Waals surface area (Å²) in [4.78, 5) is 4.28. The van der Waals surface area contributed by atoms with Crippen LogP contribution < -0.4 is 10.6 Å². The first-order valence-electron chi connectivity index (χ1n) is 5.78. The van der Waals surface area contributed by atoms with Gasteiger partial charge in [0.2, 0.25) is 5.95 Å². The third-order valence-corrected chi connectivity index (χ3v) is 2.59. The fourth-order valence-electron chi connectivity index (χ4n) is 1.52. The highest BCUT2D eigenvalue weighted by molar-refractivity contribution is 5.55. The van der Waals surface area contributed by atoms with Gasteiger partial charge in [-0.1, -0.05) is 0 Å². The van der Waals surface area contributed by atoms with Crippen LogP contribution in [-0.2, 0) is 0 Å². The molecule has 1 saturated carbocycles. The van der Waals surface area contributed by atoms with E-state index in [4.69, 9.17) is 0 Å². The number of nitrogens with zero attached hydrogens (tertiary/aromatic N) is 3. The van der Waals surface area contributed by atoms with Crippen LogP contribution in [0.1, 0.15) is 12.8 Å². The summed E-state index contributed by atoms with van der Waals surface area (Å²) in [6.45, 7) is 0. The summed E-state index contributed by atoms with van der Waals surface area (Å²) >= 11 is 0. The van der Waals surface area contributed by atoms with Crippen LogP contribution in [0.25, 0.3) is 0 Å². The second-order valence-electron chi connectivity index (χ2n) is 4.22. The third-order valence-electron chi connectivity index (χ3n) is 2.59. The van der Waals surface area contributed by atoms with Gasteiger partial charge in [-0.25, -0.2) is 4.39 Å². The molecule has 0 unspecified atom stereocenters. The Kier molecular flexibility index (Phi) is 2.76. The topological polar surface area (TPSA) is 62.7 Å². The lowest BCUT2D eigenvalue weighted by atomic mass is 10.3. The van der Waals surface area contributed by atoms with Crippen molar-refractivity contribution < 1.29 is 4.39 Å². The van der Waals surface area contributed by atoms with Crippen molar-refractivity contribution >= 4 is 17.5 Å². The molecule has 1 aliphatic carbocycles. The van der Waals surface area contributed by atoms with E-state index in [1.54, 1.807) is 12.1 Å². The molecule has 0 radical (unpaired) electrons. The summed E-state index contributed by atoms with van der Waals surface area (Å²) < 4.78 is 12.8. The van der Waals surface area contributed by atoms with Crippen LogP contribution in [0.4, 0.5) is 21.8 Å². The Morgan fingerprint density at radius 1 is 1.17 bits per heavy atom. The molecule has 1 aromatic heterocycles. The van der Waals surface area contributed by atoms with Gasteiger partial charge in [-0.05, 0) is 37.1 Å². The van der Waals surface area contributed by atoms with Gasteiger partial charge in [0, 0.05) is 11.7 Å². The molecule has 6 heteroatoms. The first-order chi connectivity index (χ1) is 8.79. The molecule has 2 aromatic rings. The standard InChI is InChI=1S/C12H12FN5/c13-8-1-3-9(4-2-8)15-11-7-14-18-12(17-11)16-10-5-6-10/h1-4,7,10H,5-6H2,(H2,15,16,17,18). The lowest BCUT2D eigenvalue weighted by Crippen LogP contribution is -2.07. The molecule has 3 rings (SSSR count). The Balaban J connectivity index is 1.73. The van der Waals surface area contributed by atoms with E-state index in [-0.39, 0.29) is 5.82 Å². The molecule has 1 fully saturated rings. The molecule has 0 atom stereocenters. The molecule has 1 aromatic carbocycles. The first-order valence-corrected chi connectivity index (χ1v) is 5.78. The molecule has 5 nitrogen and oxygen atoms in total. The van der Waals surface area contributed by atoms with Crippen molar-refractivity contribution in [1.82, 2.24) is 15.2 Å². The van der Waals surface area contributed by atoms with Crippen molar-refractivity contribution in [3.05, 3.63) is 36.3 Å². The zero-order chi connectivity index (χ0) is 12.4. The van der Waals surface area contributed by atoms with Crippen LogP contribution in [0, 0.1) is 5.82 Å². The van der Waals surface area contributed by atoms with Gasteiger partial charge in [0.15, 0.2) is 5.82 Å². The van der Waals surface area contributed by atoms with Gasteiger partial charge >= 0.3 is 0 Å². The molecule has 0 saturated heterocycles. The van der Waals surface area contributed by atoms with E-state index in [0.29, 0.717) is 17.8 Å². The lowest BCUT2D eigenvalue weighted by molar-refractivity contribution is 0.628. The van der Waals surface area contributed by atoms with Crippen LogP contribution in [0.5, 0.6) is 0 Å². The van der Waals surface area contributed by atoms with Crippen molar-refractivity contribution in [2.45, 2.75) is 18.9 Å². The zero-order valence-corrected chi connectivity index (χ0v) is 9.60. The van der Waals surface area contributed by atoms with Gasteiger partial charge in [-0.2, -0.15) is 10.1 Å². The highest BCUT2D eigenvalue weighted by Crippen LogP contribution is 2.23. The number of hydrogen-bond acceptors (Lipinski definition) is 5. The van der Waals surface area contributed by atoms with Gasteiger partial charge in [-0.3, -0.25) is 0 Å². The Labute approximate surface area is 103 Å². The zero-order valence-electron chi connectivity index (χ0n) is 9.60. The summed E-state index contributed by atoms with van der Waals surface area (Å²) in [5.74, 6) is 0.835. The summed E-state index contributed by atoms with van der Waals surface area (Å²) in [7, 11) is 0. The maximum Gasteiger partial charge on any atom is 0.244 e. The summed E-state index contributed by atoms with van der Waals surface area (Å²) in [5, 5.41) is 14.0. The highest BCUT2D eigenvalue weighted by Gasteiger charge is 2.22. The second-order valence-corrected chi connectivity index (χ2v) is 4.22. The normalized spacial score (nSPS) is 14.3. The molecular weight excluding hydrogens is 233 g/mol. The lowest BCUT2D eigenvalue weighted by Gasteiger charge is -2.06. The largest absolute Gasteiger partial charge is 0.350 e. The molecule has 1 aliphatic rings. The summed E-state index contributed by atoms with van der Waals surface area (Å²) in [5.41, 5.74) is 0.759. The first kappa shape index (κ1) is 10.9. The molecular formula is C12H12FN5. The number of anilines is 3. The number of nitrogens with one attached hydrogen (secondary N) is 2. The number of rotatable bonds is 4. The van der Waals surface area contributed by atoms with Crippen LogP contribution >= 0.6 is 0 Å². The molecule has 18 heavy (non-hydrogen) atoms. The van der Waals surface area contributed by atoms with Crippen LogP contribution in [0.2, 0.25) is 0 Å². The maximum atomic E-state index is 12.8. The van der Waals surface area contributed by atoms with Gasteiger partial charge in [0.05, 0.1) is 6.20 Å². The van der Waals surface area contributed by atoms with Crippen LogP contribution in [0.15, 0.2) is 30.5 Å². The number of hydrogen-bond donors (Lipinski definition) is 2. The minimum atomic E-state index is -0.266. The maximum absolute atomic E-state index is 12.8. The van der Waals surface area contributed by atoms with E-state index < -0.39 is 0 Å². The fraction of sp³-hybridized carbons (Fsp3) is 0.250.